The lowest BCUT2D eigenvalue weighted by Crippen LogP contribution is -2.04. The Kier molecular flexibility index (Phi) is 4.84. The van der Waals surface area contributed by atoms with Crippen LogP contribution in [0.1, 0.15) is 20.8 Å². The summed E-state index contributed by atoms with van der Waals surface area (Å²) in [4.78, 5) is 0.421. The molecule has 0 fully saturated rings. The number of hydrogen-bond donors (Lipinski definition) is 0. The average Bonchev–Trinajstić information content (AvgIpc) is 2.82. The van der Waals surface area contributed by atoms with E-state index in [2.05, 4.69) is 54.5 Å². The van der Waals surface area contributed by atoms with Gasteiger partial charge in [0.05, 0.1) is 13.3 Å². The first-order valence-corrected chi connectivity index (χ1v) is 9.07. The van der Waals surface area contributed by atoms with Crippen molar-refractivity contribution < 1.29 is 13.2 Å². The van der Waals surface area contributed by atoms with Crippen LogP contribution >= 0.6 is 77.1 Å². The molecule has 98 valence electrons. The Bertz CT molecular complexity index is 562. The fourth-order valence-corrected chi connectivity index (χ4v) is 5.99. The summed E-state index contributed by atoms with van der Waals surface area (Å²) in [6.07, 6.45) is -4.32. The molecule has 0 spiro atoms. The topological polar surface area (TPSA) is 0 Å². The average molecular weight is 532 g/mol. The molecule has 2 rings (SSSR count). The van der Waals surface area contributed by atoms with Crippen LogP contribution in [-0.4, -0.2) is 0 Å². The lowest BCUT2D eigenvalue weighted by Gasteiger charge is -2.08. The Morgan fingerprint density at radius 3 is 2.33 bits per heavy atom. The van der Waals surface area contributed by atoms with Crippen molar-refractivity contribution in [1.82, 2.24) is 0 Å². The standard InChI is InChI=1S/C10H4Br2F3IS2/c11-7(4-1-6(16)17-2-4)9-8(12)5(3-18-9)10(13,14)15/h1-3,7H. The maximum absolute atomic E-state index is 12.7. The summed E-state index contributed by atoms with van der Waals surface area (Å²) in [6, 6.07) is 1.96. The fraction of sp³-hybridized carbons (Fsp3) is 0.200. The van der Waals surface area contributed by atoms with Crippen molar-refractivity contribution in [2.45, 2.75) is 11.0 Å². The smallest absolute Gasteiger partial charge is 0.166 e. The van der Waals surface area contributed by atoms with E-state index in [0.717, 1.165) is 25.2 Å². The zero-order chi connectivity index (χ0) is 13.5. The number of hydrogen-bond acceptors (Lipinski definition) is 2. The van der Waals surface area contributed by atoms with Gasteiger partial charge in [-0.1, -0.05) is 15.9 Å². The largest absolute Gasteiger partial charge is 0.418 e. The third kappa shape index (κ3) is 3.13. The minimum atomic E-state index is -4.32. The van der Waals surface area contributed by atoms with Crippen molar-refractivity contribution in [3.05, 3.63) is 40.2 Å². The van der Waals surface area contributed by atoms with Crippen LogP contribution < -0.4 is 0 Å². The molecule has 2 heterocycles. The molecule has 0 aliphatic rings. The van der Waals surface area contributed by atoms with Gasteiger partial charge >= 0.3 is 6.18 Å². The van der Waals surface area contributed by atoms with Crippen LogP contribution in [0.3, 0.4) is 0 Å². The number of rotatable bonds is 2. The Hall–Kier alpha value is 0.880. The molecule has 0 aliphatic carbocycles. The van der Waals surface area contributed by atoms with E-state index in [-0.39, 0.29) is 9.30 Å². The van der Waals surface area contributed by atoms with E-state index in [1.165, 1.54) is 0 Å². The van der Waals surface area contributed by atoms with E-state index >= 15 is 0 Å². The van der Waals surface area contributed by atoms with Gasteiger partial charge in [-0.05, 0) is 55.5 Å². The first-order valence-electron chi connectivity index (χ1n) is 4.52. The molecule has 0 saturated carbocycles. The second-order valence-corrected chi connectivity index (χ2v) is 8.80. The predicted octanol–water partition coefficient (Wildman–Crippen LogP) is 6.68. The van der Waals surface area contributed by atoms with E-state index < -0.39 is 11.7 Å². The highest BCUT2D eigenvalue weighted by Gasteiger charge is 2.36. The summed E-state index contributed by atoms with van der Waals surface area (Å²) in [5.74, 6) is 0. The van der Waals surface area contributed by atoms with Crippen LogP contribution in [0.2, 0.25) is 0 Å². The lowest BCUT2D eigenvalue weighted by molar-refractivity contribution is -0.137. The second-order valence-electron chi connectivity index (χ2n) is 3.37. The third-order valence-corrected chi connectivity index (χ3v) is 7.43. The molecule has 8 heteroatoms. The van der Waals surface area contributed by atoms with Gasteiger partial charge in [0.2, 0.25) is 0 Å². The van der Waals surface area contributed by atoms with E-state index in [1.807, 2.05) is 11.4 Å². The zero-order valence-corrected chi connectivity index (χ0v) is 15.4. The Balaban J connectivity index is 2.38. The van der Waals surface area contributed by atoms with Crippen LogP contribution in [0.25, 0.3) is 0 Å². The van der Waals surface area contributed by atoms with Crippen LogP contribution in [0, 0.1) is 2.88 Å². The summed E-state index contributed by atoms with van der Waals surface area (Å²) in [6.45, 7) is 0. The van der Waals surface area contributed by atoms with Crippen molar-refractivity contribution in [2.75, 3.05) is 0 Å². The van der Waals surface area contributed by atoms with Crippen molar-refractivity contribution >= 4 is 77.1 Å². The van der Waals surface area contributed by atoms with E-state index in [9.17, 15) is 13.2 Å². The third-order valence-electron chi connectivity index (χ3n) is 2.17. The molecule has 0 saturated heterocycles. The highest BCUT2D eigenvalue weighted by atomic mass is 127. The second kappa shape index (κ2) is 5.71. The van der Waals surface area contributed by atoms with Gasteiger partial charge in [-0.25, -0.2) is 0 Å². The van der Waals surface area contributed by atoms with Gasteiger partial charge in [-0.2, -0.15) is 13.2 Å². The minimum Gasteiger partial charge on any atom is -0.166 e. The van der Waals surface area contributed by atoms with Crippen LogP contribution in [0.15, 0.2) is 21.3 Å². The van der Waals surface area contributed by atoms with Gasteiger partial charge in [0.1, 0.15) is 0 Å². The summed E-state index contributed by atoms with van der Waals surface area (Å²) in [7, 11) is 0. The summed E-state index contributed by atoms with van der Waals surface area (Å²) >= 11 is 11.4. The molecule has 0 radical (unpaired) electrons. The number of halogens is 6. The molecule has 1 atom stereocenters. The molecule has 2 aromatic rings. The Morgan fingerprint density at radius 1 is 1.22 bits per heavy atom. The molecule has 0 aromatic carbocycles. The van der Waals surface area contributed by atoms with Gasteiger partial charge in [-0.15, -0.1) is 22.7 Å². The van der Waals surface area contributed by atoms with Crippen molar-refractivity contribution in [2.24, 2.45) is 0 Å². The van der Waals surface area contributed by atoms with Gasteiger partial charge in [0, 0.05) is 14.7 Å². The van der Waals surface area contributed by atoms with Gasteiger partial charge in [0.15, 0.2) is 0 Å². The lowest BCUT2D eigenvalue weighted by atomic mass is 10.2. The molecular weight excluding hydrogens is 528 g/mol. The molecule has 0 bridgehead atoms. The number of thiophene rings is 2. The minimum absolute atomic E-state index is 0.128. The molecular formula is C10H4Br2F3IS2. The van der Waals surface area contributed by atoms with Gasteiger partial charge in [0.25, 0.3) is 0 Å². The van der Waals surface area contributed by atoms with Crippen molar-refractivity contribution in [3.8, 4) is 0 Å². The normalized spacial score (nSPS) is 13.9. The summed E-state index contributed by atoms with van der Waals surface area (Å²) in [5.41, 5.74) is 0.359. The Morgan fingerprint density at radius 2 is 1.89 bits per heavy atom. The highest BCUT2D eigenvalue weighted by Crippen LogP contribution is 2.46. The molecule has 0 aliphatic heterocycles. The zero-order valence-electron chi connectivity index (χ0n) is 8.39. The molecule has 0 nitrogen and oxygen atoms in total. The maximum atomic E-state index is 12.7. The van der Waals surface area contributed by atoms with E-state index in [4.69, 9.17) is 0 Å². The molecule has 18 heavy (non-hydrogen) atoms. The number of alkyl halides is 4. The molecule has 2 aromatic heterocycles. The predicted molar refractivity (Wildman–Crippen MR) is 84.8 cm³/mol. The summed E-state index contributed by atoms with van der Waals surface area (Å²) < 4.78 is 39.3. The molecule has 1 unspecified atom stereocenters. The van der Waals surface area contributed by atoms with Crippen molar-refractivity contribution in [3.63, 3.8) is 0 Å². The Labute approximate surface area is 140 Å². The SMILES string of the molecule is FC(F)(F)c1csc(C(Br)c2csc(I)c2)c1Br. The quantitative estimate of drug-likeness (QED) is 0.299. The highest BCUT2D eigenvalue weighted by molar-refractivity contribution is 14.1. The molecule has 0 amide bonds. The first kappa shape index (κ1) is 15.3. The van der Waals surface area contributed by atoms with E-state index in [1.54, 1.807) is 11.3 Å². The van der Waals surface area contributed by atoms with Gasteiger partial charge in [-0.3, -0.25) is 0 Å². The van der Waals surface area contributed by atoms with E-state index in [0.29, 0.717) is 4.88 Å². The first-order chi connectivity index (χ1) is 8.30. The van der Waals surface area contributed by atoms with Crippen LogP contribution in [0.5, 0.6) is 0 Å². The fourth-order valence-electron chi connectivity index (χ4n) is 1.33. The monoisotopic (exact) mass is 530 g/mol. The maximum Gasteiger partial charge on any atom is 0.418 e. The summed E-state index contributed by atoms with van der Waals surface area (Å²) in [5, 5.41) is 3.09. The van der Waals surface area contributed by atoms with Crippen LogP contribution in [0.4, 0.5) is 13.2 Å². The van der Waals surface area contributed by atoms with Crippen LogP contribution in [-0.2, 0) is 6.18 Å². The van der Waals surface area contributed by atoms with Crippen molar-refractivity contribution in [1.29, 1.82) is 0 Å². The molecule has 0 N–H and O–H groups in total. The van der Waals surface area contributed by atoms with Gasteiger partial charge < -0.3 is 0 Å².